The lowest BCUT2D eigenvalue weighted by molar-refractivity contribution is 0.177. The molecule has 0 atom stereocenters. The molecule has 0 aromatic rings. The van der Waals surface area contributed by atoms with Crippen LogP contribution >= 0.6 is 12.4 Å². The lowest BCUT2D eigenvalue weighted by Gasteiger charge is -2.28. The van der Waals surface area contributed by atoms with Gasteiger partial charge in [0.25, 0.3) is 0 Å². The number of aliphatic hydroxyl groups is 1. The first-order valence-corrected chi connectivity index (χ1v) is 5.50. The molecule has 0 bridgehead atoms. The SMILES string of the molecule is CC(C)(CO)NCC1CCCCC1.Cl. The minimum atomic E-state index is -0.0998. The first kappa shape index (κ1) is 14.2. The molecule has 0 amide bonds. The molecule has 14 heavy (non-hydrogen) atoms. The van der Waals surface area contributed by atoms with Crippen LogP contribution in [0, 0.1) is 5.92 Å². The molecule has 0 saturated heterocycles. The molecule has 0 aromatic heterocycles. The summed E-state index contributed by atoms with van der Waals surface area (Å²) in [6, 6.07) is 0. The fraction of sp³-hybridized carbons (Fsp3) is 1.00. The van der Waals surface area contributed by atoms with Crippen molar-refractivity contribution in [3.05, 3.63) is 0 Å². The topological polar surface area (TPSA) is 32.3 Å². The zero-order valence-electron chi connectivity index (χ0n) is 9.38. The lowest BCUT2D eigenvalue weighted by Crippen LogP contribution is -2.45. The van der Waals surface area contributed by atoms with Crippen LogP contribution in [0.2, 0.25) is 0 Å². The zero-order valence-corrected chi connectivity index (χ0v) is 10.2. The molecule has 86 valence electrons. The van der Waals surface area contributed by atoms with E-state index in [2.05, 4.69) is 19.2 Å². The van der Waals surface area contributed by atoms with Crippen molar-refractivity contribution < 1.29 is 5.11 Å². The molecule has 1 saturated carbocycles. The van der Waals surface area contributed by atoms with E-state index in [-0.39, 0.29) is 24.6 Å². The Morgan fingerprint density at radius 2 is 1.79 bits per heavy atom. The summed E-state index contributed by atoms with van der Waals surface area (Å²) in [4.78, 5) is 0. The highest BCUT2D eigenvalue weighted by Gasteiger charge is 2.19. The van der Waals surface area contributed by atoms with Gasteiger partial charge in [0.15, 0.2) is 0 Å². The van der Waals surface area contributed by atoms with Crippen LogP contribution in [-0.4, -0.2) is 23.8 Å². The van der Waals surface area contributed by atoms with E-state index in [1.165, 1.54) is 32.1 Å². The summed E-state index contributed by atoms with van der Waals surface area (Å²) in [5, 5.41) is 12.5. The van der Waals surface area contributed by atoms with E-state index in [9.17, 15) is 0 Å². The van der Waals surface area contributed by atoms with Crippen molar-refractivity contribution in [1.29, 1.82) is 0 Å². The number of nitrogens with one attached hydrogen (secondary N) is 1. The molecule has 0 spiro atoms. The standard InChI is InChI=1S/C11H23NO.ClH/c1-11(2,9-13)12-8-10-6-4-3-5-7-10;/h10,12-13H,3-9H2,1-2H3;1H. The second-order valence-electron chi connectivity index (χ2n) is 4.93. The van der Waals surface area contributed by atoms with Crippen molar-refractivity contribution in [3.63, 3.8) is 0 Å². The van der Waals surface area contributed by atoms with Gasteiger partial charge in [0, 0.05) is 5.54 Å². The van der Waals surface area contributed by atoms with Gasteiger partial charge < -0.3 is 10.4 Å². The van der Waals surface area contributed by atoms with E-state index < -0.39 is 0 Å². The van der Waals surface area contributed by atoms with Crippen LogP contribution in [0.1, 0.15) is 46.0 Å². The quantitative estimate of drug-likeness (QED) is 0.764. The summed E-state index contributed by atoms with van der Waals surface area (Å²) in [5.41, 5.74) is -0.0998. The third-order valence-corrected chi connectivity index (χ3v) is 2.99. The van der Waals surface area contributed by atoms with E-state index in [0.717, 1.165) is 12.5 Å². The molecule has 0 aliphatic heterocycles. The van der Waals surface area contributed by atoms with E-state index >= 15 is 0 Å². The molecule has 1 aliphatic rings. The van der Waals surface area contributed by atoms with Gasteiger partial charge in [-0.15, -0.1) is 12.4 Å². The summed E-state index contributed by atoms with van der Waals surface area (Å²) < 4.78 is 0. The van der Waals surface area contributed by atoms with Crippen molar-refractivity contribution in [1.82, 2.24) is 5.32 Å². The lowest BCUT2D eigenvalue weighted by atomic mass is 9.88. The van der Waals surface area contributed by atoms with Crippen LogP contribution in [0.15, 0.2) is 0 Å². The number of hydrogen-bond donors (Lipinski definition) is 2. The van der Waals surface area contributed by atoms with Crippen molar-refractivity contribution >= 4 is 12.4 Å². The minimum absolute atomic E-state index is 0. The normalized spacial score (nSPS) is 19.1. The number of hydrogen-bond acceptors (Lipinski definition) is 2. The average Bonchev–Trinajstić information content (AvgIpc) is 2.17. The first-order valence-electron chi connectivity index (χ1n) is 5.50. The predicted octanol–water partition coefficient (Wildman–Crippen LogP) is 2.35. The number of halogens is 1. The second kappa shape index (κ2) is 6.65. The van der Waals surface area contributed by atoms with Crippen molar-refractivity contribution in [3.8, 4) is 0 Å². The van der Waals surface area contributed by atoms with E-state index in [1.807, 2.05) is 0 Å². The van der Waals surface area contributed by atoms with E-state index in [4.69, 9.17) is 5.11 Å². The summed E-state index contributed by atoms with van der Waals surface area (Å²) in [6.45, 7) is 5.40. The molecular weight excluding hydrogens is 198 g/mol. The summed E-state index contributed by atoms with van der Waals surface area (Å²) >= 11 is 0. The molecule has 1 rings (SSSR count). The smallest absolute Gasteiger partial charge is 0.0607 e. The van der Waals surface area contributed by atoms with Crippen molar-refractivity contribution in [2.24, 2.45) is 5.92 Å². The minimum Gasteiger partial charge on any atom is -0.394 e. The molecule has 0 unspecified atom stereocenters. The highest BCUT2D eigenvalue weighted by atomic mass is 35.5. The largest absolute Gasteiger partial charge is 0.394 e. The highest BCUT2D eigenvalue weighted by Crippen LogP contribution is 2.23. The molecular formula is C11H24ClNO. The second-order valence-corrected chi connectivity index (χ2v) is 4.93. The van der Waals surface area contributed by atoms with Gasteiger partial charge in [-0.1, -0.05) is 19.3 Å². The van der Waals surface area contributed by atoms with Gasteiger partial charge in [-0.2, -0.15) is 0 Å². The van der Waals surface area contributed by atoms with Crippen LogP contribution in [0.3, 0.4) is 0 Å². The van der Waals surface area contributed by atoms with Crippen LogP contribution in [0.4, 0.5) is 0 Å². The fourth-order valence-corrected chi connectivity index (χ4v) is 1.87. The third-order valence-electron chi connectivity index (χ3n) is 2.99. The fourth-order valence-electron chi connectivity index (χ4n) is 1.87. The monoisotopic (exact) mass is 221 g/mol. The molecule has 0 aromatic carbocycles. The van der Waals surface area contributed by atoms with Crippen molar-refractivity contribution in [2.45, 2.75) is 51.5 Å². The van der Waals surface area contributed by atoms with Gasteiger partial charge in [0.05, 0.1) is 6.61 Å². The summed E-state index contributed by atoms with van der Waals surface area (Å²) in [6.07, 6.45) is 6.95. The zero-order chi connectivity index (χ0) is 9.73. The maximum Gasteiger partial charge on any atom is 0.0607 e. The first-order chi connectivity index (χ1) is 6.14. The summed E-state index contributed by atoms with van der Waals surface area (Å²) in [7, 11) is 0. The van der Waals surface area contributed by atoms with Gasteiger partial charge in [0.1, 0.15) is 0 Å². The Balaban J connectivity index is 0.00000169. The van der Waals surface area contributed by atoms with Gasteiger partial charge in [0.2, 0.25) is 0 Å². The number of rotatable bonds is 4. The Kier molecular flexibility index (Phi) is 6.75. The van der Waals surface area contributed by atoms with Gasteiger partial charge in [-0.3, -0.25) is 0 Å². The average molecular weight is 222 g/mol. The van der Waals surface area contributed by atoms with Gasteiger partial charge >= 0.3 is 0 Å². The maximum absolute atomic E-state index is 9.06. The van der Waals surface area contributed by atoms with Crippen LogP contribution in [0.5, 0.6) is 0 Å². The molecule has 2 N–H and O–H groups in total. The molecule has 2 nitrogen and oxygen atoms in total. The van der Waals surface area contributed by atoms with Gasteiger partial charge in [-0.05, 0) is 39.2 Å². The Morgan fingerprint density at radius 1 is 1.21 bits per heavy atom. The van der Waals surface area contributed by atoms with Crippen LogP contribution < -0.4 is 5.32 Å². The summed E-state index contributed by atoms with van der Waals surface area (Å²) in [5.74, 6) is 0.847. The Morgan fingerprint density at radius 3 is 2.29 bits per heavy atom. The molecule has 1 aliphatic carbocycles. The van der Waals surface area contributed by atoms with Crippen LogP contribution in [0.25, 0.3) is 0 Å². The Labute approximate surface area is 93.9 Å². The van der Waals surface area contributed by atoms with Crippen molar-refractivity contribution in [2.75, 3.05) is 13.2 Å². The third kappa shape index (κ3) is 5.18. The molecule has 0 heterocycles. The Bertz CT molecular complexity index is 144. The highest BCUT2D eigenvalue weighted by molar-refractivity contribution is 5.85. The van der Waals surface area contributed by atoms with Crippen LogP contribution in [-0.2, 0) is 0 Å². The molecule has 1 fully saturated rings. The molecule has 0 radical (unpaired) electrons. The van der Waals surface area contributed by atoms with Gasteiger partial charge in [-0.25, -0.2) is 0 Å². The number of aliphatic hydroxyl groups excluding tert-OH is 1. The Hall–Kier alpha value is 0.210. The van der Waals surface area contributed by atoms with E-state index in [0.29, 0.717) is 0 Å². The maximum atomic E-state index is 9.06. The van der Waals surface area contributed by atoms with E-state index in [1.54, 1.807) is 0 Å². The predicted molar refractivity (Wildman–Crippen MR) is 63.0 cm³/mol. The molecule has 3 heteroatoms.